The molecule has 0 radical (unpaired) electrons. The molecule has 1 aliphatic carbocycles. The van der Waals surface area contributed by atoms with Gasteiger partial charge in [0.1, 0.15) is 0 Å². The van der Waals surface area contributed by atoms with Crippen molar-refractivity contribution in [3.63, 3.8) is 0 Å². The SMILES string of the molecule is CCCCCC(NN)C1(c2ccccc2)CC1. The number of nitrogens with one attached hydrogen (secondary N) is 1. The zero-order valence-electron chi connectivity index (χ0n) is 10.8. The fourth-order valence-electron chi connectivity index (χ4n) is 2.86. The van der Waals surface area contributed by atoms with Crippen molar-refractivity contribution >= 4 is 0 Å². The van der Waals surface area contributed by atoms with Crippen LogP contribution in [0, 0.1) is 0 Å². The zero-order chi connectivity index (χ0) is 12.1. The van der Waals surface area contributed by atoms with E-state index < -0.39 is 0 Å². The van der Waals surface area contributed by atoms with Crippen molar-refractivity contribution in [3.8, 4) is 0 Å². The molecular weight excluding hydrogens is 208 g/mol. The van der Waals surface area contributed by atoms with Crippen LogP contribution in [0.2, 0.25) is 0 Å². The second-order valence-electron chi connectivity index (χ2n) is 5.24. The number of unbranched alkanes of at least 4 members (excludes halogenated alkanes) is 2. The monoisotopic (exact) mass is 232 g/mol. The molecule has 1 aromatic carbocycles. The second-order valence-corrected chi connectivity index (χ2v) is 5.24. The minimum atomic E-state index is 0.323. The van der Waals surface area contributed by atoms with E-state index in [0.29, 0.717) is 11.5 Å². The Morgan fingerprint density at radius 1 is 1.24 bits per heavy atom. The van der Waals surface area contributed by atoms with Gasteiger partial charge < -0.3 is 0 Å². The first kappa shape index (κ1) is 12.6. The standard InChI is InChI=1S/C15H24N2/c1-2-3-5-10-14(17-16)15(11-12-15)13-8-6-4-7-9-13/h4,6-9,14,17H,2-3,5,10-12,16H2,1H3. The van der Waals surface area contributed by atoms with Crippen LogP contribution in [0.25, 0.3) is 0 Å². The van der Waals surface area contributed by atoms with Gasteiger partial charge in [-0.05, 0) is 24.8 Å². The molecule has 0 saturated heterocycles. The molecule has 0 heterocycles. The van der Waals surface area contributed by atoms with Gasteiger partial charge >= 0.3 is 0 Å². The lowest BCUT2D eigenvalue weighted by Gasteiger charge is -2.27. The molecule has 0 aromatic heterocycles. The molecule has 1 aliphatic rings. The summed E-state index contributed by atoms with van der Waals surface area (Å²) in [5, 5.41) is 0. The van der Waals surface area contributed by atoms with Crippen molar-refractivity contribution in [2.45, 2.75) is 56.9 Å². The van der Waals surface area contributed by atoms with Crippen LogP contribution in [-0.2, 0) is 5.41 Å². The number of benzene rings is 1. The van der Waals surface area contributed by atoms with Crippen molar-refractivity contribution < 1.29 is 0 Å². The van der Waals surface area contributed by atoms with Crippen LogP contribution in [0.3, 0.4) is 0 Å². The van der Waals surface area contributed by atoms with Gasteiger partial charge in [-0.25, -0.2) is 0 Å². The van der Waals surface area contributed by atoms with E-state index in [1.807, 2.05) is 0 Å². The smallest absolute Gasteiger partial charge is 0.0307 e. The highest BCUT2D eigenvalue weighted by Gasteiger charge is 2.49. The summed E-state index contributed by atoms with van der Waals surface area (Å²) < 4.78 is 0. The van der Waals surface area contributed by atoms with Crippen molar-refractivity contribution in [2.75, 3.05) is 0 Å². The highest BCUT2D eigenvalue weighted by atomic mass is 15.2. The van der Waals surface area contributed by atoms with Gasteiger partial charge in [-0.1, -0.05) is 56.5 Å². The third-order valence-electron chi connectivity index (χ3n) is 4.10. The largest absolute Gasteiger partial charge is 0.271 e. The van der Waals surface area contributed by atoms with E-state index in [0.717, 1.165) is 0 Å². The van der Waals surface area contributed by atoms with E-state index in [1.165, 1.54) is 44.1 Å². The van der Waals surface area contributed by atoms with Crippen molar-refractivity contribution in [1.82, 2.24) is 5.43 Å². The molecule has 2 heteroatoms. The molecule has 1 saturated carbocycles. The highest BCUT2D eigenvalue weighted by Crippen LogP contribution is 2.51. The molecule has 0 amide bonds. The quantitative estimate of drug-likeness (QED) is 0.430. The average Bonchev–Trinajstić information content (AvgIpc) is 3.17. The predicted octanol–water partition coefficient (Wildman–Crippen LogP) is 3.13. The van der Waals surface area contributed by atoms with Crippen LogP contribution in [0.15, 0.2) is 30.3 Å². The first-order chi connectivity index (χ1) is 8.33. The molecule has 1 unspecified atom stereocenters. The summed E-state index contributed by atoms with van der Waals surface area (Å²) in [6.45, 7) is 2.25. The molecular formula is C15H24N2. The third-order valence-corrected chi connectivity index (χ3v) is 4.10. The van der Waals surface area contributed by atoms with Crippen LogP contribution in [-0.4, -0.2) is 6.04 Å². The van der Waals surface area contributed by atoms with Crippen LogP contribution in [0.5, 0.6) is 0 Å². The molecule has 2 rings (SSSR count). The Bertz CT molecular complexity index is 330. The number of rotatable bonds is 7. The second kappa shape index (κ2) is 5.65. The van der Waals surface area contributed by atoms with Crippen LogP contribution in [0.4, 0.5) is 0 Å². The Balaban J connectivity index is 2.03. The first-order valence-corrected chi connectivity index (χ1v) is 6.85. The van der Waals surface area contributed by atoms with Gasteiger partial charge in [-0.3, -0.25) is 11.3 Å². The summed E-state index contributed by atoms with van der Waals surface area (Å²) in [6.07, 6.45) is 7.61. The molecule has 94 valence electrons. The van der Waals surface area contributed by atoms with Gasteiger partial charge in [-0.15, -0.1) is 0 Å². The molecule has 2 nitrogen and oxygen atoms in total. The lowest BCUT2D eigenvalue weighted by molar-refractivity contribution is 0.385. The normalized spacial score (nSPS) is 18.9. The van der Waals surface area contributed by atoms with Gasteiger partial charge in [0.05, 0.1) is 0 Å². The van der Waals surface area contributed by atoms with Gasteiger partial charge in [0.2, 0.25) is 0 Å². The van der Waals surface area contributed by atoms with Gasteiger partial charge in [0.15, 0.2) is 0 Å². The Kier molecular flexibility index (Phi) is 4.19. The number of nitrogens with two attached hydrogens (primary N) is 1. The van der Waals surface area contributed by atoms with E-state index in [2.05, 4.69) is 42.7 Å². The van der Waals surface area contributed by atoms with Crippen molar-refractivity contribution in [2.24, 2.45) is 5.84 Å². The van der Waals surface area contributed by atoms with E-state index >= 15 is 0 Å². The van der Waals surface area contributed by atoms with Gasteiger partial charge in [0.25, 0.3) is 0 Å². The van der Waals surface area contributed by atoms with Crippen molar-refractivity contribution in [3.05, 3.63) is 35.9 Å². The summed E-state index contributed by atoms with van der Waals surface area (Å²) >= 11 is 0. The fourth-order valence-corrected chi connectivity index (χ4v) is 2.86. The number of hydrogen-bond acceptors (Lipinski definition) is 2. The third kappa shape index (κ3) is 2.70. The molecule has 0 aliphatic heterocycles. The average molecular weight is 232 g/mol. The Morgan fingerprint density at radius 2 is 1.94 bits per heavy atom. The number of hydrazine groups is 1. The lowest BCUT2D eigenvalue weighted by atomic mass is 9.85. The summed E-state index contributed by atoms with van der Waals surface area (Å²) in [7, 11) is 0. The highest BCUT2D eigenvalue weighted by molar-refractivity contribution is 5.33. The van der Waals surface area contributed by atoms with Crippen LogP contribution in [0.1, 0.15) is 51.0 Å². The number of hydrogen-bond donors (Lipinski definition) is 2. The van der Waals surface area contributed by atoms with E-state index in [-0.39, 0.29) is 0 Å². The first-order valence-electron chi connectivity index (χ1n) is 6.85. The minimum absolute atomic E-state index is 0.323. The summed E-state index contributed by atoms with van der Waals surface area (Å²) in [4.78, 5) is 0. The molecule has 17 heavy (non-hydrogen) atoms. The summed E-state index contributed by atoms with van der Waals surface area (Å²) in [5.74, 6) is 5.77. The van der Waals surface area contributed by atoms with Crippen LogP contribution >= 0.6 is 0 Å². The Morgan fingerprint density at radius 3 is 2.47 bits per heavy atom. The fraction of sp³-hybridized carbons (Fsp3) is 0.600. The maximum atomic E-state index is 5.77. The molecule has 1 aromatic rings. The summed E-state index contributed by atoms with van der Waals surface area (Å²) in [6, 6.07) is 11.3. The van der Waals surface area contributed by atoms with E-state index in [4.69, 9.17) is 5.84 Å². The Labute approximate surface area is 105 Å². The van der Waals surface area contributed by atoms with E-state index in [9.17, 15) is 0 Å². The van der Waals surface area contributed by atoms with Crippen molar-refractivity contribution in [1.29, 1.82) is 0 Å². The molecule has 0 spiro atoms. The topological polar surface area (TPSA) is 38.0 Å². The molecule has 1 atom stereocenters. The lowest BCUT2D eigenvalue weighted by Crippen LogP contribution is -2.44. The Hall–Kier alpha value is -0.860. The van der Waals surface area contributed by atoms with E-state index in [1.54, 1.807) is 0 Å². The maximum absolute atomic E-state index is 5.77. The molecule has 0 bridgehead atoms. The minimum Gasteiger partial charge on any atom is -0.271 e. The maximum Gasteiger partial charge on any atom is 0.0307 e. The molecule has 3 N–H and O–H groups in total. The van der Waals surface area contributed by atoms with Crippen LogP contribution < -0.4 is 11.3 Å². The predicted molar refractivity (Wildman–Crippen MR) is 72.6 cm³/mol. The summed E-state index contributed by atoms with van der Waals surface area (Å²) in [5.41, 5.74) is 4.84. The van der Waals surface area contributed by atoms with Gasteiger partial charge in [-0.2, -0.15) is 0 Å². The molecule has 1 fully saturated rings. The zero-order valence-corrected chi connectivity index (χ0v) is 10.8. The van der Waals surface area contributed by atoms with Gasteiger partial charge in [0, 0.05) is 11.5 Å².